The highest BCUT2D eigenvalue weighted by Gasteiger charge is 2.27. The molecule has 0 fully saturated rings. The van der Waals surface area contributed by atoms with Crippen LogP contribution in [0.2, 0.25) is 0 Å². The monoisotopic (exact) mass is 236 g/mol. The summed E-state index contributed by atoms with van der Waals surface area (Å²) in [6.45, 7) is 11.2. The molecule has 1 atom stereocenters. The standard InChI is InChI=1S/C14H21FN2/c1-9(14(5,6)12(4)15)7-13-11(3)17-10(2)8-16-13/h7-8,12H,1-6H3/b9-7+. The molecule has 1 aromatic rings. The van der Waals surface area contributed by atoms with Gasteiger partial charge in [-0.25, -0.2) is 4.39 Å². The van der Waals surface area contributed by atoms with Crippen molar-refractivity contribution in [3.63, 3.8) is 0 Å². The van der Waals surface area contributed by atoms with E-state index in [2.05, 4.69) is 9.97 Å². The zero-order valence-electron chi connectivity index (χ0n) is 11.5. The highest BCUT2D eigenvalue weighted by atomic mass is 19.1. The molecule has 1 heterocycles. The number of aryl methyl sites for hydroxylation is 2. The molecule has 0 radical (unpaired) electrons. The van der Waals surface area contributed by atoms with Crippen LogP contribution in [0.1, 0.15) is 44.8 Å². The van der Waals surface area contributed by atoms with Crippen molar-refractivity contribution in [2.75, 3.05) is 0 Å². The van der Waals surface area contributed by atoms with Gasteiger partial charge in [-0.3, -0.25) is 9.97 Å². The summed E-state index contributed by atoms with van der Waals surface area (Å²) in [5.74, 6) is 0. The van der Waals surface area contributed by atoms with Crippen molar-refractivity contribution < 1.29 is 4.39 Å². The minimum absolute atomic E-state index is 0.473. The van der Waals surface area contributed by atoms with Crippen molar-refractivity contribution in [2.45, 2.75) is 47.7 Å². The zero-order valence-corrected chi connectivity index (χ0v) is 11.5. The first-order valence-electron chi connectivity index (χ1n) is 5.88. The molecule has 0 spiro atoms. The molecular formula is C14H21FN2. The van der Waals surface area contributed by atoms with Crippen molar-refractivity contribution in [3.8, 4) is 0 Å². The summed E-state index contributed by atoms with van der Waals surface area (Å²) in [5, 5.41) is 0. The first kappa shape index (κ1) is 13.8. The van der Waals surface area contributed by atoms with Gasteiger partial charge in [0.25, 0.3) is 0 Å². The predicted molar refractivity (Wildman–Crippen MR) is 69.5 cm³/mol. The van der Waals surface area contributed by atoms with Crippen LogP contribution in [-0.4, -0.2) is 16.1 Å². The largest absolute Gasteiger partial charge is 0.255 e. The lowest BCUT2D eigenvalue weighted by atomic mass is 9.80. The Morgan fingerprint density at radius 3 is 2.47 bits per heavy atom. The SMILES string of the molecule is C/C(=C\c1ncc(C)nc1C)C(C)(C)C(C)F. The van der Waals surface area contributed by atoms with Crippen LogP contribution in [0, 0.1) is 19.3 Å². The van der Waals surface area contributed by atoms with E-state index in [1.54, 1.807) is 13.1 Å². The van der Waals surface area contributed by atoms with Gasteiger partial charge in [-0.2, -0.15) is 0 Å². The van der Waals surface area contributed by atoms with Gasteiger partial charge in [-0.05, 0) is 33.8 Å². The number of halogens is 1. The molecule has 1 aromatic heterocycles. The maximum Gasteiger partial charge on any atom is 0.106 e. The van der Waals surface area contributed by atoms with Crippen LogP contribution in [0.3, 0.4) is 0 Å². The van der Waals surface area contributed by atoms with Gasteiger partial charge >= 0.3 is 0 Å². The third-order valence-electron chi connectivity index (χ3n) is 3.47. The third kappa shape index (κ3) is 3.11. The molecule has 0 N–H and O–H groups in total. The number of hydrogen-bond donors (Lipinski definition) is 0. The van der Waals surface area contributed by atoms with Crippen LogP contribution in [0.5, 0.6) is 0 Å². The molecule has 0 aliphatic heterocycles. The van der Waals surface area contributed by atoms with E-state index in [9.17, 15) is 4.39 Å². The molecule has 0 aliphatic carbocycles. The van der Waals surface area contributed by atoms with Gasteiger partial charge < -0.3 is 0 Å². The number of aromatic nitrogens is 2. The molecule has 0 saturated carbocycles. The summed E-state index contributed by atoms with van der Waals surface area (Å²) >= 11 is 0. The Bertz CT molecular complexity index is 434. The second kappa shape index (κ2) is 4.94. The lowest BCUT2D eigenvalue weighted by Gasteiger charge is -2.27. The first-order chi connectivity index (χ1) is 7.75. The Labute approximate surface area is 103 Å². The van der Waals surface area contributed by atoms with Crippen molar-refractivity contribution in [3.05, 3.63) is 28.9 Å². The van der Waals surface area contributed by atoms with Crippen LogP contribution in [0.25, 0.3) is 6.08 Å². The summed E-state index contributed by atoms with van der Waals surface area (Å²) in [4.78, 5) is 8.68. The fourth-order valence-electron chi connectivity index (χ4n) is 1.45. The Morgan fingerprint density at radius 2 is 2.00 bits per heavy atom. The first-order valence-corrected chi connectivity index (χ1v) is 5.88. The molecule has 0 aromatic carbocycles. The summed E-state index contributed by atoms with van der Waals surface area (Å²) in [6, 6.07) is 0. The Hall–Kier alpha value is -1.25. The number of alkyl halides is 1. The van der Waals surface area contributed by atoms with Gasteiger partial charge in [-0.1, -0.05) is 19.4 Å². The summed E-state index contributed by atoms with van der Waals surface area (Å²) in [7, 11) is 0. The van der Waals surface area contributed by atoms with Gasteiger partial charge in [0.05, 0.1) is 17.1 Å². The van der Waals surface area contributed by atoms with E-state index >= 15 is 0 Å². The fourth-order valence-corrected chi connectivity index (χ4v) is 1.45. The van der Waals surface area contributed by atoms with Crippen molar-refractivity contribution >= 4 is 6.08 Å². The fraction of sp³-hybridized carbons (Fsp3) is 0.571. The molecule has 17 heavy (non-hydrogen) atoms. The average molecular weight is 236 g/mol. The molecule has 3 heteroatoms. The van der Waals surface area contributed by atoms with E-state index in [0.29, 0.717) is 0 Å². The summed E-state index contributed by atoms with van der Waals surface area (Å²) in [5.41, 5.74) is 3.11. The minimum Gasteiger partial charge on any atom is -0.255 e. The van der Waals surface area contributed by atoms with Gasteiger partial charge in [0.1, 0.15) is 6.17 Å². The van der Waals surface area contributed by atoms with Crippen LogP contribution in [0.15, 0.2) is 11.8 Å². The average Bonchev–Trinajstić information content (AvgIpc) is 2.21. The van der Waals surface area contributed by atoms with Crippen LogP contribution in [-0.2, 0) is 0 Å². The summed E-state index contributed by atoms with van der Waals surface area (Å²) < 4.78 is 13.5. The number of allylic oxidation sites excluding steroid dienone is 1. The van der Waals surface area contributed by atoms with E-state index < -0.39 is 11.6 Å². The predicted octanol–water partition coefficient (Wildman–Crippen LogP) is 3.88. The maximum atomic E-state index is 13.5. The molecule has 1 rings (SSSR count). The van der Waals surface area contributed by atoms with Gasteiger partial charge in [-0.15, -0.1) is 0 Å². The van der Waals surface area contributed by atoms with Crippen molar-refractivity contribution in [2.24, 2.45) is 5.41 Å². The molecule has 0 bridgehead atoms. The molecular weight excluding hydrogens is 215 g/mol. The van der Waals surface area contributed by atoms with E-state index in [0.717, 1.165) is 22.7 Å². The van der Waals surface area contributed by atoms with E-state index in [1.807, 2.05) is 40.7 Å². The molecule has 2 nitrogen and oxygen atoms in total. The second-order valence-electron chi connectivity index (χ2n) is 5.15. The zero-order chi connectivity index (χ0) is 13.2. The molecule has 0 aliphatic rings. The Morgan fingerprint density at radius 1 is 1.41 bits per heavy atom. The lowest BCUT2D eigenvalue weighted by molar-refractivity contribution is 0.200. The number of nitrogens with zero attached hydrogens (tertiary/aromatic N) is 2. The van der Waals surface area contributed by atoms with Crippen molar-refractivity contribution in [1.29, 1.82) is 0 Å². The van der Waals surface area contributed by atoms with Gasteiger partial charge in [0.15, 0.2) is 0 Å². The quantitative estimate of drug-likeness (QED) is 0.796. The number of hydrogen-bond acceptors (Lipinski definition) is 2. The van der Waals surface area contributed by atoms with Crippen molar-refractivity contribution in [1.82, 2.24) is 9.97 Å². The minimum atomic E-state index is -0.891. The van der Waals surface area contributed by atoms with Gasteiger partial charge in [0, 0.05) is 11.6 Å². The smallest absolute Gasteiger partial charge is 0.106 e. The molecule has 0 amide bonds. The third-order valence-corrected chi connectivity index (χ3v) is 3.47. The van der Waals surface area contributed by atoms with Gasteiger partial charge in [0.2, 0.25) is 0 Å². The maximum absolute atomic E-state index is 13.5. The highest BCUT2D eigenvalue weighted by molar-refractivity contribution is 5.52. The van der Waals surface area contributed by atoms with Crippen LogP contribution >= 0.6 is 0 Å². The number of rotatable bonds is 3. The van der Waals surface area contributed by atoms with E-state index in [1.165, 1.54) is 0 Å². The summed E-state index contributed by atoms with van der Waals surface area (Å²) in [6.07, 6.45) is 2.77. The molecule has 0 saturated heterocycles. The molecule has 94 valence electrons. The Kier molecular flexibility index (Phi) is 4.02. The highest BCUT2D eigenvalue weighted by Crippen LogP contribution is 2.33. The van der Waals surface area contributed by atoms with E-state index in [4.69, 9.17) is 0 Å². The molecule has 1 unspecified atom stereocenters. The van der Waals surface area contributed by atoms with E-state index in [-0.39, 0.29) is 0 Å². The normalized spacial score (nSPS) is 14.9. The lowest BCUT2D eigenvalue weighted by Crippen LogP contribution is -2.24. The van der Waals surface area contributed by atoms with Crippen LogP contribution < -0.4 is 0 Å². The topological polar surface area (TPSA) is 25.8 Å². The second-order valence-corrected chi connectivity index (χ2v) is 5.15. The van der Waals surface area contributed by atoms with Crippen LogP contribution in [0.4, 0.5) is 4.39 Å². The Balaban J connectivity index is 3.11.